The molecule has 1 heterocycles. The summed E-state index contributed by atoms with van der Waals surface area (Å²) in [7, 11) is 1.95. The fraction of sp³-hybridized carbons (Fsp3) is 0.0400. The predicted molar refractivity (Wildman–Crippen MR) is 116 cm³/mol. The van der Waals surface area contributed by atoms with Gasteiger partial charge in [0.2, 0.25) is 0 Å². The van der Waals surface area contributed by atoms with E-state index in [4.69, 9.17) is 0 Å². The number of aromatic nitrogens is 1. The summed E-state index contributed by atoms with van der Waals surface area (Å²) in [6.45, 7) is 0. The molecule has 5 rings (SSSR count). The largest absolute Gasteiger partial charge is 0.388 e. The molecule has 0 aliphatic heterocycles. The number of hydrogen-bond acceptors (Lipinski definition) is 1. The van der Waals surface area contributed by atoms with E-state index in [1.807, 2.05) is 7.05 Å². The molecule has 0 aliphatic carbocycles. The molecule has 2 nitrogen and oxygen atoms in total. The molecule has 0 spiro atoms. The second-order valence-corrected chi connectivity index (χ2v) is 6.72. The van der Waals surface area contributed by atoms with Crippen molar-refractivity contribution in [3.05, 3.63) is 97.1 Å². The zero-order valence-electron chi connectivity index (χ0n) is 15.2. The molecule has 0 saturated heterocycles. The zero-order valence-corrected chi connectivity index (χ0v) is 15.2. The van der Waals surface area contributed by atoms with Gasteiger partial charge in [-0.05, 0) is 47.5 Å². The van der Waals surface area contributed by atoms with E-state index in [-0.39, 0.29) is 0 Å². The highest BCUT2D eigenvalue weighted by molar-refractivity contribution is 6.15. The summed E-state index contributed by atoms with van der Waals surface area (Å²) in [5.74, 6) is 0. The molecular formula is C25H20N2. The number of benzene rings is 4. The van der Waals surface area contributed by atoms with Crippen LogP contribution < -0.4 is 5.32 Å². The Kier molecular flexibility index (Phi) is 3.68. The second kappa shape index (κ2) is 6.33. The number of hydrogen-bond donors (Lipinski definition) is 1. The van der Waals surface area contributed by atoms with Crippen molar-refractivity contribution in [2.24, 2.45) is 0 Å². The van der Waals surface area contributed by atoms with Crippen molar-refractivity contribution in [3.8, 4) is 16.8 Å². The standard InChI is InChI=1S/C25H20N2/c1-26-19-16-14-18(15-17-19)21-11-7-13-24-25(21)22-10-5-6-12-23(22)27(24)20-8-3-2-4-9-20/h2-17,26H,1H3. The lowest BCUT2D eigenvalue weighted by atomic mass is 9.99. The summed E-state index contributed by atoms with van der Waals surface area (Å²) in [6, 6.07) is 34.5. The molecule has 0 bridgehead atoms. The van der Waals surface area contributed by atoms with E-state index in [2.05, 4.69) is 107 Å². The topological polar surface area (TPSA) is 17.0 Å². The predicted octanol–water partition coefficient (Wildman–Crippen LogP) is 6.49. The molecule has 5 aromatic rings. The molecule has 0 fully saturated rings. The maximum atomic E-state index is 3.19. The minimum Gasteiger partial charge on any atom is -0.388 e. The van der Waals surface area contributed by atoms with Crippen molar-refractivity contribution in [1.82, 2.24) is 4.57 Å². The SMILES string of the molecule is CNc1ccc(-c2cccc3c2c2ccccc2n3-c2ccccc2)cc1. The fourth-order valence-corrected chi connectivity index (χ4v) is 3.93. The Morgan fingerprint density at radius 1 is 0.630 bits per heavy atom. The third kappa shape index (κ3) is 2.49. The smallest absolute Gasteiger partial charge is 0.0547 e. The van der Waals surface area contributed by atoms with Gasteiger partial charge < -0.3 is 9.88 Å². The summed E-state index contributed by atoms with van der Waals surface area (Å²) in [5.41, 5.74) is 7.27. The Labute approximate surface area is 158 Å². The lowest BCUT2D eigenvalue weighted by molar-refractivity contribution is 1.18. The number of para-hydroxylation sites is 2. The molecular weight excluding hydrogens is 328 g/mol. The Bertz CT molecular complexity index is 1230. The van der Waals surface area contributed by atoms with Gasteiger partial charge in [-0.25, -0.2) is 0 Å². The van der Waals surface area contributed by atoms with Crippen LogP contribution in [0.4, 0.5) is 5.69 Å². The van der Waals surface area contributed by atoms with Crippen LogP contribution in [0.5, 0.6) is 0 Å². The van der Waals surface area contributed by atoms with Crippen LogP contribution in [0.2, 0.25) is 0 Å². The Balaban J connectivity index is 1.87. The lowest BCUT2D eigenvalue weighted by Crippen LogP contribution is -1.93. The van der Waals surface area contributed by atoms with Gasteiger partial charge >= 0.3 is 0 Å². The van der Waals surface area contributed by atoms with Gasteiger partial charge in [-0.3, -0.25) is 0 Å². The van der Waals surface area contributed by atoms with Crippen molar-refractivity contribution >= 4 is 27.5 Å². The maximum Gasteiger partial charge on any atom is 0.0547 e. The number of fused-ring (bicyclic) bond motifs is 3. The van der Waals surface area contributed by atoms with E-state index >= 15 is 0 Å². The molecule has 27 heavy (non-hydrogen) atoms. The van der Waals surface area contributed by atoms with Gasteiger partial charge in [0.25, 0.3) is 0 Å². The molecule has 0 atom stereocenters. The van der Waals surface area contributed by atoms with E-state index in [1.165, 1.54) is 38.6 Å². The van der Waals surface area contributed by atoms with E-state index in [0.29, 0.717) is 0 Å². The molecule has 1 aromatic heterocycles. The third-order valence-electron chi connectivity index (χ3n) is 5.20. The summed E-state index contributed by atoms with van der Waals surface area (Å²) < 4.78 is 2.36. The van der Waals surface area contributed by atoms with Crippen LogP contribution in [-0.4, -0.2) is 11.6 Å². The number of nitrogens with one attached hydrogen (secondary N) is 1. The van der Waals surface area contributed by atoms with Crippen LogP contribution in [0, 0.1) is 0 Å². The first kappa shape index (κ1) is 15.7. The van der Waals surface area contributed by atoms with E-state index in [0.717, 1.165) is 5.69 Å². The second-order valence-electron chi connectivity index (χ2n) is 6.72. The van der Waals surface area contributed by atoms with E-state index in [1.54, 1.807) is 0 Å². The molecule has 0 amide bonds. The van der Waals surface area contributed by atoms with Crippen LogP contribution in [-0.2, 0) is 0 Å². The lowest BCUT2D eigenvalue weighted by Gasteiger charge is -2.09. The molecule has 0 saturated carbocycles. The highest BCUT2D eigenvalue weighted by Gasteiger charge is 2.15. The number of nitrogens with zero attached hydrogens (tertiary/aromatic N) is 1. The van der Waals surface area contributed by atoms with E-state index < -0.39 is 0 Å². The van der Waals surface area contributed by atoms with Crippen LogP contribution >= 0.6 is 0 Å². The Morgan fingerprint density at radius 3 is 2.11 bits per heavy atom. The molecule has 0 unspecified atom stereocenters. The van der Waals surface area contributed by atoms with Gasteiger partial charge in [0.1, 0.15) is 0 Å². The molecule has 0 radical (unpaired) electrons. The van der Waals surface area contributed by atoms with Gasteiger partial charge in [-0.1, -0.05) is 60.7 Å². The third-order valence-corrected chi connectivity index (χ3v) is 5.20. The highest BCUT2D eigenvalue weighted by Crippen LogP contribution is 2.38. The molecule has 0 aliphatic rings. The van der Waals surface area contributed by atoms with Gasteiger partial charge in [-0.15, -0.1) is 0 Å². The van der Waals surface area contributed by atoms with Crippen LogP contribution in [0.3, 0.4) is 0 Å². The van der Waals surface area contributed by atoms with Crippen molar-refractivity contribution in [1.29, 1.82) is 0 Å². The minimum absolute atomic E-state index is 1.12. The Hall–Kier alpha value is -3.52. The average Bonchev–Trinajstić information content (AvgIpc) is 3.09. The first-order valence-electron chi connectivity index (χ1n) is 9.22. The number of rotatable bonds is 3. The van der Waals surface area contributed by atoms with Gasteiger partial charge in [-0.2, -0.15) is 0 Å². The van der Waals surface area contributed by atoms with Crippen LogP contribution in [0.15, 0.2) is 97.1 Å². The summed E-state index contributed by atoms with van der Waals surface area (Å²) in [4.78, 5) is 0. The zero-order chi connectivity index (χ0) is 18.2. The summed E-state index contributed by atoms with van der Waals surface area (Å²) in [6.07, 6.45) is 0. The first-order valence-corrected chi connectivity index (χ1v) is 9.22. The minimum atomic E-state index is 1.12. The first-order chi connectivity index (χ1) is 13.4. The van der Waals surface area contributed by atoms with Crippen molar-refractivity contribution in [2.75, 3.05) is 12.4 Å². The van der Waals surface area contributed by atoms with Gasteiger partial charge in [0.05, 0.1) is 11.0 Å². The van der Waals surface area contributed by atoms with Gasteiger partial charge in [0.15, 0.2) is 0 Å². The van der Waals surface area contributed by atoms with E-state index in [9.17, 15) is 0 Å². The highest BCUT2D eigenvalue weighted by atomic mass is 15.0. The molecule has 4 aromatic carbocycles. The monoisotopic (exact) mass is 348 g/mol. The fourth-order valence-electron chi connectivity index (χ4n) is 3.93. The van der Waals surface area contributed by atoms with Crippen molar-refractivity contribution < 1.29 is 0 Å². The van der Waals surface area contributed by atoms with Crippen molar-refractivity contribution in [2.45, 2.75) is 0 Å². The normalized spacial score (nSPS) is 11.1. The molecule has 130 valence electrons. The molecule has 1 N–H and O–H groups in total. The van der Waals surface area contributed by atoms with Gasteiger partial charge in [0, 0.05) is 29.2 Å². The quantitative estimate of drug-likeness (QED) is 0.394. The van der Waals surface area contributed by atoms with Crippen molar-refractivity contribution in [3.63, 3.8) is 0 Å². The molecule has 2 heteroatoms. The number of anilines is 1. The Morgan fingerprint density at radius 2 is 1.33 bits per heavy atom. The average molecular weight is 348 g/mol. The van der Waals surface area contributed by atoms with Crippen LogP contribution in [0.1, 0.15) is 0 Å². The summed E-state index contributed by atoms with van der Waals surface area (Å²) >= 11 is 0. The maximum absolute atomic E-state index is 3.19. The summed E-state index contributed by atoms with van der Waals surface area (Å²) in [5, 5.41) is 5.78. The van der Waals surface area contributed by atoms with Crippen LogP contribution in [0.25, 0.3) is 38.6 Å².